The molecule has 1 saturated heterocycles. The van der Waals surface area contributed by atoms with E-state index in [1.807, 2.05) is 30.3 Å². The Morgan fingerprint density at radius 3 is 2.12 bits per heavy atom. The lowest BCUT2D eigenvalue weighted by Crippen LogP contribution is -2.47. The van der Waals surface area contributed by atoms with E-state index in [1.54, 1.807) is 19.2 Å². The summed E-state index contributed by atoms with van der Waals surface area (Å²) in [5.74, 6) is 0.596. The Morgan fingerprint density at radius 2 is 1.44 bits per heavy atom. The number of methoxy groups -OCH3 is 1. The number of piperazine rings is 1. The number of hydrogen-bond donors (Lipinski definition) is 3. The van der Waals surface area contributed by atoms with Crippen molar-refractivity contribution in [3.63, 3.8) is 0 Å². The number of amides is 3. The Labute approximate surface area is 249 Å². The first-order valence-corrected chi connectivity index (χ1v) is 14.5. The van der Waals surface area contributed by atoms with E-state index in [0.29, 0.717) is 24.3 Å². The number of anilines is 4. The molecule has 5 rings (SSSR count). The molecule has 0 spiro atoms. The van der Waals surface area contributed by atoms with Gasteiger partial charge >= 0.3 is 12.2 Å². The minimum atomic E-state index is -4.52. The molecule has 0 bridgehead atoms. The second-order valence-corrected chi connectivity index (χ2v) is 10.8. The van der Waals surface area contributed by atoms with Crippen molar-refractivity contribution in [3.8, 4) is 5.75 Å². The van der Waals surface area contributed by atoms with E-state index in [2.05, 4.69) is 25.8 Å². The van der Waals surface area contributed by atoms with E-state index < -0.39 is 17.8 Å². The summed E-state index contributed by atoms with van der Waals surface area (Å²) < 4.78 is 44.8. The number of alkyl halides is 3. The summed E-state index contributed by atoms with van der Waals surface area (Å²) in [6.07, 6.45) is 0.629. The van der Waals surface area contributed by atoms with Crippen molar-refractivity contribution in [2.75, 3.05) is 53.7 Å². The third kappa shape index (κ3) is 7.52. The highest BCUT2D eigenvalue weighted by Crippen LogP contribution is 2.32. The summed E-state index contributed by atoms with van der Waals surface area (Å²) in [5, 5.41) is 8.29. The van der Waals surface area contributed by atoms with Crippen LogP contribution < -0.4 is 30.5 Å². The smallest absolute Gasteiger partial charge is 0.416 e. The van der Waals surface area contributed by atoms with Gasteiger partial charge in [-0.1, -0.05) is 37.5 Å². The van der Waals surface area contributed by atoms with Gasteiger partial charge in [-0.05, 0) is 61.4 Å². The molecule has 3 amide bonds. The zero-order valence-corrected chi connectivity index (χ0v) is 24.0. The minimum Gasteiger partial charge on any atom is -0.495 e. The molecule has 0 radical (unpaired) electrons. The van der Waals surface area contributed by atoms with E-state index >= 15 is 0 Å². The number of rotatable bonds is 7. The molecule has 228 valence electrons. The standard InChI is InChI=1S/C32H36F3N5O3/c1-43-29-13-6-5-12-28(29)40-18-16-39(17-19-40)27-15-14-25(21-26(27)30(41)36-23-9-3-2-4-10-23)38-31(42)37-24-11-7-8-22(20-24)32(33,34)35/h5-8,11-15,20-21,23H,2-4,9-10,16-19H2,1H3,(H,36,41)(H2,37,38,42). The van der Waals surface area contributed by atoms with E-state index in [4.69, 9.17) is 4.74 Å². The molecule has 1 heterocycles. The highest BCUT2D eigenvalue weighted by molar-refractivity contribution is 6.04. The summed E-state index contributed by atoms with van der Waals surface area (Å²) >= 11 is 0. The number of carbonyl (C=O) groups excluding carboxylic acids is 2. The second kappa shape index (κ2) is 13.3. The topological polar surface area (TPSA) is 85.9 Å². The van der Waals surface area contributed by atoms with Crippen LogP contribution in [0.5, 0.6) is 5.75 Å². The van der Waals surface area contributed by atoms with Gasteiger partial charge in [-0.3, -0.25) is 4.79 Å². The molecule has 0 atom stereocenters. The fraction of sp³-hybridized carbons (Fsp3) is 0.375. The molecule has 3 N–H and O–H groups in total. The van der Waals surface area contributed by atoms with Crippen molar-refractivity contribution < 1.29 is 27.5 Å². The van der Waals surface area contributed by atoms with Crippen LogP contribution >= 0.6 is 0 Å². The van der Waals surface area contributed by atoms with Gasteiger partial charge in [0.25, 0.3) is 5.91 Å². The molecular weight excluding hydrogens is 559 g/mol. The molecule has 2 aliphatic rings. The van der Waals surface area contributed by atoms with Gasteiger partial charge in [0.2, 0.25) is 0 Å². The molecular formula is C32H36F3N5O3. The first-order chi connectivity index (χ1) is 20.7. The predicted molar refractivity (Wildman–Crippen MR) is 162 cm³/mol. The molecule has 1 aliphatic heterocycles. The van der Waals surface area contributed by atoms with Crippen LogP contribution in [-0.2, 0) is 6.18 Å². The lowest BCUT2D eigenvalue weighted by atomic mass is 9.95. The maximum Gasteiger partial charge on any atom is 0.416 e. The van der Waals surface area contributed by atoms with Gasteiger partial charge in [0.15, 0.2) is 0 Å². The highest BCUT2D eigenvalue weighted by Gasteiger charge is 2.30. The van der Waals surface area contributed by atoms with Gasteiger partial charge in [0.05, 0.1) is 23.9 Å². The van der Waals surface area contributed by atoms with Crippen LogP contribution in [0, 0.1) is 0 Å². The fourth-order valence-electron chi connectivity index (χ4n) is 5.73. The number of benzene rings is 3. The lowest BCUT2D eigenvalue weighted by Gasteiger charge is -2.38. The lowest BCUT2D eigenvalue weighted by molar-refractivity contribution is -0.137. The van der Waals surface area contributed by atoms with Crippen LogP contribution in [-0.4, -0.2) is 51.3 Å². The molecule has 0 aromatic heterocycles. The maximum absolute atomic E-state index is 13.6. The van der Waals surface area contributed by atoms with Crippen LogP contribution in [0.3, 0.4) is 0 Å². The normalized spacial score (nSPS) is 16.0. The zero-order valence-electron chi connectivity index (χ0n) is 24.0. The van der Waals surface area contributed by atoms with Gasteiger partial charge < -0.3 is 30.5 Å². The van der Waals surface area contributed by atoms with E-state index in [9.17, 15) is 22.8 Å². The molecule has 1 saturated carbocycles. The quantitative estimate of drug-likeness (QED) is 0.282. The molecule has 3 aromatic carbocycles. The molecule has 11 heteroatoms. The van der Waals surface area contributed by atoms with Crippen LogP contribution in [0.2, 0.25) is 0 Å². The van der Waals surface area contributed by atoms with Gasteiger partial charge in [0, 0.05) is 49.3 Å². The third-order valence-electron chi connectivity index (χ3n) is 7.93. The Kier molecular flexibility index (Phi) is 9.27. The van der Waals surface area contributed by atoms with Crippen molar-refractivity contribution in [2.24, 2.45) is 0 Å². The van der Waals surface area contributed by atoms with Crippen LogP contribution in [0.1, 0.15) is 48.0 Å². The van der Waals surface area contributed by atoms with Crippen molar-refractivity contribution in [2.45, 2.75) is 44.3 Å². The maximum atomic E-state index is 13.6. The van der Waals surface area contributed by atoms with E-state index in [-0.39, 0.29) is 17.6 Å². The van der Waals surface area contributed by atoms with Gasteiger partial charge in [-0.2, -0.15) is 13.2 Å². The first-order valence-electron chi connectivity index (χ1n) is 14.5. The summed E-state index contributed by atoms with van der Waals surface area (Å²) in [6.45, 7) is 2.79. The molecule has 43 heavy (non-hydrogen) atoms. The van der Waals surface area contributed by atoms with Gasteiger partial charge in [-0.25, -0.2) is 4.79 Å². The van der Waals surface area contributed by atoms with Crippen molar-refractivity contribution in [1.29, 1.82) is 0 Å². The third-order valence-corrected chi connectivity index (χ3v) is 7.93. The minimum absolute atomic E-state index is 0.00660. The summed E-state index contributed by atoms with van der Waals surface area (Å²) in [5.41, 5.74) is 1.72. The van der Waals surface area contributed by atoms with Gasteiger partial charge in [-0.15, -0.1) is 0 Å². The van der Waals surface area contributed by atoms with Crippen LogP contribution in [0.15, 0.2) is 66.7 Å². The molecule has 2 fully saturated rings. The summed E-state index contributed by atoms with van der Waals surface area (Å²) in [6, 6.07) is 16.8. The number of ether oxygens (including phenoxy) is 1. The zero-order chi connectivity index (χ0) is 30.4. The summed E-state index contributed by atoms with van der Waals surface area (Å²) in [4.78, 5) is 30.7. The molecule has 8 nitrogen and oxygen atoms in total. The SMILES string of the molecule is COc1ccccc1N1CCN(c2ccc(NC(=O)Nc3cccc(C(F)(F)F)c3)cc2C(=O)NC2CCCCC2)CC1. The van der Waals surface area contributed by atoms with Crippen molar-refractivity contribution in [1.82, 2.24) is 5.32 Å². The number of carbonyl (C=O) groups is 2. The summed E-state index contributed by atoms with van der Waals surface area (Å²) in [7, 11) is 1.65. The number of halogens is 3. The number of urea groups is 1. The Bertz CT molecular complexity index is 1430. The fourth-order valence-corrected chi connectivity index (χ4v) is 5.73. The highest BCUT2D eigenvalue weighted by atomic mass is 19.4. The molecule has 0 unspecified atom stereocenters. The predicted octanol–water partition coefficient (Wildman–Crippen LogP) is 6.75. The van der Waals surface area contributed by atoms with Gasteiger partial charge in [0.1, 0.15) is 5.75 Å². The number of hydrogen-bond acceptors (Lipinski definition) is 5. The Morgan fingerprint density at radius 1 is 0.791 bits per heavy atom. The molecule has 1 aliphatic carbocycles. The van der Waals surface area contributed by atoms with Crippen LogP contribution in [0.25, 0.3) is 0 Å². The average molecular weight is 596 g/mol. The number of nitrogens with one attached hydrogen (secondary N) is 3. The van der Waals surface area contributed by atoms with E-state index in [0.717, 1.165) is 74.5 Å². The molecule has 3 aromatic rings. The Hall–Kier alpha value is -4.41. The average Bonchev–Trinajstić information content (AvgIpc) is 3.01. The number of nitrogens with zero attached hydrogens (tertiary/aromatic N) is 2. The first kappa shape index (κ1) is 30.1. The van der Waals surface area contributed by atoms with Crippen molar-refractivity contribution >= 4 is 34.7 Å². The number of para-hydroxylation sites is 2. The van der Waals surface area contributed by atoms with E-state index in [1.165, 1.54) is 12.1 Å². The Balaban J connectivity index is 1.33. The van der Waals surface area contributed by atoms with Crippen molar-refractivity contribution in [3.05, 3.63) is 77.9 Å². The second-order valence-electron chi connectivity index (χ2n) is 10.8. The monoisotopic (exact) mass is 595 g/mol. The van der Waals surface area contributed by atoms with Crippen LogP contribution in [0.4, 0.5) is 40.7 Å². The largest absolute Gasteiger partial charge is 0.495 e.